The zero-order valence-electron chi connectivity index (χ0n) is 15.2. The highest BCUT2D eigenvalue weighted by Gasteiger charge is 2.12. The summed E-state index contributed by atoms with van der Waals surface area (Å²) in [7, 11) is 0. The average molecular weight is 363 g/mol. The molecule has 0 atom stereocenters. The number of hydrogen-bond donors (Lipinski definition) is 3. The van der Waals surface area contributed by atoms with E-state index < -0.39 is 6.03 Å². The van der Waals surface area contributed by atoms with E-state index in [0.717, 1.165) is 22.6 Å². The van der Waals surface area contributed by atoms with Crippen LogP contribution >= 0.6 is 0 Å². The Kier molecular flexibility index (Phi) is 5.21. The largest absolute Gasteiger partial charge is 0.352 e. The average Bonchev–Trinajstić information content (AvgIpc) is 2.99. The molecule has 0 unspecified atom stereocenters. The van der Waals surface area contributed by atoms with Crippen molar-refractivity contribution >= 4 is 17.6 Å². The van der Waals surface area contributed by atoms with Crippen LogP contribution < -0.4 is 16.4 Å². The fraction of sp³-hybridized carbons (Fsp3) is 0.150. The summed E-state index contributed by atoms with van der Waals surface area (Å²) in [5.41, 5.74) is 9.80. The van der Waals surface area contributed by atoms with Gasteiger partial charge in [-0.2, -0.15) is 5.10 Å². The van der Waals surface area contributed by atoms with Crippen LogP contribution in [0.4, 0.5) is 10.5 Å². The molecule has 3 amide bonds. The van der Waals surface area contributed by atoms with Gasteiger partial charge in [-0.05, 0) is 49.7 Å². The summed E-state index contributed by atoms with van der Waals surface area (Å²) in [5, 5.41) is 9.94. The molecule has 0 bridgehead atoms. The number of hydrogen-bond acceptors (Lipinski definition) is 3. The fourth-order valence-electron chi connectivity index (χ4n) is 2.79. The van der Waals surface area contributed by atoms with E-state index in [1.165, 1.54) is 0 Å². The lowest BCUT2D eigenvalue weighted by Crippen LogP contribution is -2.28. The zero-order chi connectivity index (χ0) is 19.4. The summed E-state index contributed by atoms with van der Waals surface area (Å²) in [6, 6.07) is 15.9. The number of primary amides is 1. The van der Waals surface area contributed by atoms with Crippen LogP contribution in [0, 0.1) is 13.8 Å². The molecule has 1 aromatic heterocycles. The second-order valence-electron chi connectivity index (χ2n) is 6.22. The van der Waals surface area contributed by atoms with E-state index in [4.69, 9.17) is 5.73 Å². The van der Waals surface area contributed by atoms with Crippen molar-refractivity contribution in [3.8, 4) is 5.69 Å². The summed E-state index contributed by atoms with van der Waals surface area (Å²) in [4.78, 5) is 23.4. The van der Waals surface area contributed by atoms with E-state index in [9.17, 15) is 9.59 Å². The number of benzene rings is 2. The van der Waals surface area contributed by atoms with E-state index >= 15 is 0 Å². The number of carbonyl (C=O) groups excluding carboxylic acids is 2. The van der Waals surface area contributed by atoms with Crippen molar-refractivity contribution in [3.63, 3.8) is 0 Å². The van der Waals surface area contributed by atoms with Crippen LogP contribution in [0.15, 0.2) is 54.6 Å². The molecule has 138 valence electrons. The number of aromatic nitrogens is 2. The Balaban J connectivity index is 1.79. The molecule has 0 saturated heterocycles. The van der Waals surface area contributed by atoms with Gasteiger partial charge in [-0.3, -0.25) is 4.79 Å². The highest BCUT2D eigenvalue weighted by atomic mass is 16.2. The molecule has 0 aliphatic heterocycles. The molecule has 0 fully saturated rings. The van der Waals surface area contributed by atoms with E-state index in [1.54, 1.807) is 24.3 Å². The second-order valence-corrected chi connectivity index (χ2v) is 6.22. The summed E-state index contributed by atoms with van der Waals surface area (Å²) in [6.45, 7) is 4.22. The molecule has 0 spiro atoms. The number of urea groups is 1. The minimum atomic E-state index is -0.586. The van der Waals surface area contributed by atoms with E-state index in [2.05, 4.69) is 15.7 Å². The topological polar surface area (TPSA) is 102 Å². The van der Waals surface area contributed by atoms with E-state index in [-0.39, 0.29) is 5.91 Å². The van der Waals surface area contributed by atoms with Gasteiger partial charge in [-0.25, -0.2) is 9.48 Å². The molecule has 0 radical (unpaired) electrons. The van der Waals surface area contributed by atoms with Crippen molar-refractivity contribution in [1.29, 1.82) is 0 Å². The van der Waals surface area contributed by atoms with Gasteiger partial charge in [-0.15, -0.1) is 0 Å². The van der Waals surface area contributed by atoms with Crippen molar-refractivity contribution in [3.05, 3.63) is 77.1 Å². The predicted molar refractivity (Wildman–Crippen MR) is 104 cm³/mol. The van der Waals surface area contributed by atoms with E-state index in [0.29, 0.717) is 17.8 Å². The highest BCUT2D eigenvalue weighted by molar-refractivity contribution is 6.05. The molecular weight excluding hydrogens is 342 g/mol. The number of para-hydroxylation sites is 2. The molecule has 0 aliphatic carbocycles. The lowest BCUT2D eigenvalue weighted by atomic mass is 10.1. The van der Waals surface area contributed by atoms with Crippen molar-refractivity contribution in [2.75, 3.05) is 5.32 Å². The van der Waals surface area contributed by atoms with Crippen molar-refractivity contribution in [1.82, 2.24) is 15.1 Å². The quantitative estimate of drug-likeness (QED) is 0.649. The summed E-state index contributed by atoms with van der Waals surface area (Å²) in [5.74, 6) is -0.224. The Bertz CT molecular complexity index is 976. The molecule has 0 aliphatic rings. The first-order valence-electron chi connectivity index (χ1n) is 8.50. The van der Waals surface area contributed by atoms with E-state index in [1.807, 2.05) is 48.9 Å². The van der Waals surface area contributed by atoms with Gasteiger partial charge in [0, 0.05) is 17.8 Å². The fourth-order valence-corrected chi connectivity index (χ4v) is 2.79. The van der Waals surface area contributed by atoms with Crippen LogP contribution in [-0.4, -0.2) is 21.7 Å². The molecule has 27 heavy (non-hydrogen) atoms. The molecule has 7 heteroatoms. The van der Waals surface area contributed by atoms with Crippen LogP contribution in [0.3, 0.4) is 0 Å². The van der Waals surface area contributed by atoms with Crippen LogP contribution in [0.5, 0.6) is 0 Å². The first kappa shape index (κ1) is 18.2. The van der Waals surface area contributed by atoms with Crippen molar-refractivity contribution in [2.24, 2.45) is 5.73 Å². The third kappa shape index (κ3) is 4.33. The number of nitrogens with one attached hydrogen (secondary N) is 2. The molecule has 2 aromatic carbocycles. The minimum absolute atomic E-state index is 0.224. The van der Waals surface area contributed by atoms with Gasteiger partial charge < -0.3 is 16.4 Å². The molecule has 4 N–H and O–H groups in total. The summed E-state index contributed by atoms with van der Waals surface area (Å²) in [6.07, 6.45) is 0. The van der Waals surface area contributed by atoms with Crippen LogP contribution in [0.25, 0.3) is 5.69 Å². The lowest BCUT2D eigenvalue weighted by molar-refractivity contribution is 0.102. The number of nitrogens with two attached hydrogens (primary N) is 1. The number of anilines is 1. The molecule has 1 heterocycles. The van der Waals surface area contributed by atoms with Gasteiger partial charge in [0.05, 0.1) is 17.1 Å². The SMILES string of the molecule is Cc1cc(C)n(-c2ccccc2NC(=O)c2ccc(CNC(N)=O)cc2)n1. The third-order valence-corrected chi connectivity index (χ3v) is 4.07. The summed E-state index contributed by atoms with van der Waals surface area (Å²) < 4.78 is 1.81. The Labute approximate surface area is 157 Å². The van der Waals surface area contributed by atoms with Crippen LogP contribution in [0.1, 0.15) is 27.3 Å². The first-order chi connectivity index (χ1) is 12.9. The number of aryl methyl sites for hydroxylation is 2. The number of amides is 3. The predicted octanol–water partition coefficient (Wildman–Crippen LogP) is 2.91. The highest BCUT2D eigenvalue weighted by Crippen LogP contribution is 2.22. The maximum absolute atomic E-state index is 12.6. The standard InChI is InChI=1S/C20H21N5O2/c1-13-11-14(2)25(24-13)18-6-4-3-5-17(18)23-19(26)16-9-7-15(8-10-16)12-22-20(21)27/h3-11H,12H2,1-2H3,(H,23,26)(H3,21,22,27). The normalized spacial score (nSPS) is 10.4. The van der Waals surface area contributed by atoms with Gasteiger partial charge >= 0.3 is 6.03 Å². The monoisotopic (exact) mass is 363 g/mol. The minimum Gasteiger partial charge on any atom is -0.352 e. The second kappa shape index (κ2) is 7.74. The Morgan fingerprint density at radius 2 is 1.78 bits per heavy atom. The molecule has 0 saturated carbocycles. The molecule has 3 aromatic rings. The molecular formula is C20H21N5O2. The van der Waals surface area contributed by atoms with Crippen LogP contribution in [0.2, 0.25) is 0 Å². The van der Waals surface area contributed by atoms with Crippen molar-refractivity contribution < 1.29 is 9.59 Å². The number of rotatable bonds is 5. The Morgan fingerprint density at radius 1 is 1.07 bits per heavy atom. The molecule has 3 rings (SSSR count). The lowest BCUT2D eigenvalue weighted by Gasteiger charge is -2.12. The molecule has 7 nitrogen and oxygen atoms in total. The van der Waals surface area contributed by atoms with Gasteiger partial charge in [0.2, 0.25) is 0 Å². The van der Waals surface area contributed by atoms with Gasteiger partial charge in [-0.1, -0.05) is 24.3 Å². The number of nitrogens with zero attached hydrogens (tertiary/aromatic N) is 2. The van der Waals surface area contributed by atoms with Gasteiger partial charge in [0.25, 0.3) is 5.91 Å². The van der Waals surface area contributed by atoms with Gasteiger partial charge in [0.15, 0.2) is 0 Å². The summed E-state index contributed by atoms with van der Waals surface area (Å²) >= 11 is 0. The smallest absolute Gasteiger partial charge is 0.312 e. The third-order valence-electron chi connectivity index (χ3n) is 4.07. The van der Waals surface area contributed by atoms with Crippen molar-refractivity contribution in [2.45, 2.75) is 20.4 Å². The van der Waals surface area contributed by atoms with Crippen LogP contribution in [-0.2, 0) is 6.54 Å². The maximum Gasteiger partial charge on any atom is 0.312 e. The number of carbonyl (C=O) groups is 2. The zero-order valence-corrected chi connectivity index (χ0v) is 15.2. The maximum atomic E-state index is 12.6. The van der Waals surface area contributed by atoms with Gasteiger partial charge in [0.1, 0.15) is 0 Å². The Hall–Kier alpha value is -3.61. The first-order valence-corrected chi connectivity index (χ1v) is 8.50. The Morgan fingerprint density at radius 3 is 2.41 bits per heavy atom.